The Balaban J connectivity index is 2.33. The molecule has 0 saturated carbocycles. The van der Waals surface area contributed by atoms with E-state index in [-0.39, 0.29) is 10.6 Å². The predicted molar refractivity (Wildman–Crippen MR) is 75.4 cm³/mol. The first-order valence-electron chi connectivity index (χ1n) is 6.56. The number of alkyl halides is 3. The zero-order chi connectivity index (χ0) is 15.0. The monoisotopic (exact) mass is 306 g/mol. The van der Waals surface area contributed by atoms with Gasteiger partial charge in [-0.2, -0.15) is 13.2 Å². The molecule has 1 heterocycles. The molecular formula is C14H18ClF3N2. The molecule has 20 heavy (non-hydrogen) atoms. The third-order valence-corrected chi connectivity index (χ3v) is 3.74. The van der Waals surface area contributed by atoms with Gasteiger partial charge in [0.1, 0.15) is 0 Å². The fourth-order valence-electron chi connectivity index (χ4n) is 2.46. The van der Waals surface area contributed by atoms with Gasteiger partial charge in [-0.1, -0.05) is 11.6 Å². The molecule has 2 nitrogen and oxygen atoms in total. The molecular weight excluding hydrogens is 289 g/mol. The molecule has 6 heteroatoms. The van der Waals surface area contributed by atoms with E-state index in [4.69, 9.17) is 11.6 Å². The van der Waals surface area contributed by atoms with E-state index in [0.29, 0.717) is 12.2 Å². The van der Waals surface area contributed by atoms with Crippen molar-refractivity contribution in [3.05, 3.63) is 28.8 Å². The largest absolute Gasteiger partial charge is 0.417 e. The molecule has 0 aromatic heterocycles. The van der Waals surface area contributed by atoms with E-state index >= 15 is 0 Å². The topological polar surface area (TPSA) is 15.3 Å². The molecule has 0 aliphatic carbocycles. The van der Waals surface area contributed by atoms with Crippen LogP contribution < -0.4 is 10.2 Å². The highest BCUT2D eigenvalue weighted by Gasteiger charge is 2.34. The Morgan fingerprint density at radius 2 is 2.00 bits per heavy atom. The van der Waals surface area contributed by atoms with E-state index in [2.05, 4.69) is 5.32 Å². The van der Waals surface area contributed by atoms with Gasteiger partial charge in [-0.05, 0) is 45.0 Å². The summed E-state index contributed by atoms with van der Waals surface area (Å²) < 4.78 is 38.7. The normalized spacial score (nSPS) is 19.8. The molecule has 0 radical (unpaired) electrons. The number of halogens is 4. The zero-order valence-corrected chi connectivity index (χ0v) is 12.3. The number of hydrogen-bond acceptors (Lipinski definition) is 2. The van der Waals surface area contributed by atoms with Gasteiger partial charge in [0.25, 0.3) is 0 Å². The maximum absolute atomic E-state index is 12.9. The van der Waals surface area contributed by atoms with E-state index in [0.717, 1.165) is 25.6 Å². The minimum Gasteiger partial charge on any atom is -0.370 e. The molecule has 0 amide bonds. The van der Waals surface area contributed by atoms with Crippen LogP contribution in [0.5, 0.6) is 0 Å². The quantitative estimate of drug-likeness (QED) is 0.845. The summed E-state index contributed by atoms with van der Waals surface area (Å²) in [5.74, 6) is 0. The summed E-state index contributed by atoms with van der Waals surface area (Å²) in [5.41, 5.74) is -0.334. The molecule has 1 aliphatic heterocycles. The Morgan fingerprint density at radius 3 is 2.65 bits per heavy atom. The van der Waals surface area contributed by atoms with Gasteiger partial charge < -0.3 is 10.2 Å². The van der Waals surface area contributed by atoms with Crippen molar-refractivity contribution in [2.75, 3.05) is 24.5 Å². The number of nitrogens with one attached hydrogen (secondary N) is 1. The number of rotatable bonds is 1. The molecule has 1 aromatic carbocycles. The summed E-state index contributed by atoms with van der Waals surface area (Å²) in [6, 6.07) is 4.12. The maximum Gasteiger partial charge on any atom is 0.417 e. The van der Waals surface area contributed by atoms with Gasteiger partial charge in [0.2, 0.25) is 0 Å². The SMILES string of the molecule is CC1(C)CN(c2ccc(Cl)c(C(F)(F)F)c2)CCCN1. The third-order valence-electron chi connectivity index (χ3n) is 3.41. The summed E-state index contributed by atoms with van der Waals surface area (Å²) in [5, 5.41) is 3.13. The molecule has 112 valence electrons. The standard InChI is InChI=1S/C14H18ClF3N2/c1-13(2)9-20(7-3-6-19-13)10-4-5-12(15)11(8-10)14(16,17)18/h4-5,8,19H,3,6-7,9H2,1-2H3. The Hall–Kier alpha value is -0.940. The van der Waals surface area contributed by atoms with Crippen molar-refractivity contribution in [1.82, 2.24) is 5.32 Å². The molecule has 1 N–H and O–H groups in total. The summed E-state index contributed by atoms with van der Waals surface area (Å²) in [7, 11) is 0. The van der Waals surface area contributed by atoms with Crippen LogP contribution in [0.25, 0.3) is 0 Å². The van der Waals surface area contributed by atoms with Crippen LogP contribution in [0.4, 0.5) is 18.9 Å². The Bertz CT molecular complexity index is 486. The molecule has 1 fully saturated rings. The predicted octanol–water partition coefficient (Wildman–Crippen LogP) is 3.94. The lowest BCUT2D eigenvalue weighted by atomic mass is 10.0. The molecule has 0 unspecified atom stereocenters. The number of benzene rings is 1. The Morgan fingerprint density at radius 1 is 1.30 bits per heavy atom. The average Bonchev–Trinajstić information content (AvgIpc) is 2.49. The van der Waals surface area contributed by atoms with Gasteiger partial charge in [0.05, 0.1) is 10.6 Å². The van der Waals surface area contributed by atoms with E-state index in [1.807, 2.05) is 18.7 Å². The van der Waals surface area contributed by atoms with Crippen LogP contribution in [-0.2, 0) is 6.18 Å². The van der Waals surface area contributed by atoms with Crippen LogP contribution in [0.2, 0.25) is 5.02 Å². The highest BCUT2D eigenvalue weighted by molar-refractivity contribution is 6.31. The lowest BCUT2D eigenvalue weighted by Crippen LogP contribution is -2.46. The zero-order valence-electron chi connectivity index (χ0n) is 11.5. The second-order valence-electron chi connectivity index (χ2n) is 5.75. The van der Waals surface area contributed by atoms with Crippen molar-refractivity contribution < 1.29 is 13.2 Å². The van der Waals surface area contributed by atoms with Crippen LogP contribution in [0.1, 0.15) is 25.8 Å². The summed E-state index contributed by atoms with van der Waals surface area (Å²) in [6.07, 6.45) is -3.53. The van der Waals surface area contributed by atoms with Crippen LogP contribution >= 0.6 is 11.6 Å². The van der Waals surface area contributed by atoms with E-state index in [1.165, 1.54) is 6.07 Å². The van der Waals surface area contributed by atoms with E-state index < -0.39 is 11.7 Å². The highest BCUT2D eigenvalue weighted by Crippen LogP contribution is 2.37. The smallest absolute Gasteiger partial charge is 0.370 e. The summed E-state index contributed by atoms with van der Waals surface area (Å²) >= 11 is 5.66. The average molecular weight is 307 g/mol. The van der Waals surface area contributed by atoms with Crippen LogP contribution in [0, 0.1) is 0 Å². The molecule has 2 rings (SSSR count). The van der Waals surface area contributed by atoms with Gasteiger partial charge in [0, 0.05) is 24.3 Å². The first kappa shape index (κ1) is 15.4. The van der Waals surface area contributed by atoms with Crippen molar-refractivity contribution in [3.63, 3.8) is 0 Å². The van der Waals surface area contributed by atoms with Crippen molar-refractivity contribution in [2.45, 2.75) is 32.0 Å². The van der Waals surface area contributed by atoms with E-state index in [1.54, 1.807) is 6.07 Å². The fourth-order valence-corrected chi connectivity index (χ4v) is 2.68. The first-order valence-corrected chi connectivity index (χ1v) is 6.94. The molecule has 0 atom stereocenters. The number of nitrogens with zero attached hydrogens (tertiary/aromatic N) is 1. The van der Waals surface area contributed by atoms with Gasteiger partial charge in [-0.25, -0.2) is 0 Å². The molecule has 0 bridgehead atoms. The summed E-state index contributed by atoms with van der Waals surface area (Å²) in [6.45, 7) is 6.35. The second kappa shape index (κ2) is 5.45. The van der Waals surface area contributed by atoms with Crippen molar-refractivity contribution in [1.29, 1.82) is 0 Å². The molecule has 1 aliphatic rings. The molecule has 0 spiro atoms. The molecule has 1 aromatic rings. The van der Waals surface area contributed by atoms with E-state index in [9.17, 15) is 13.2 Å². The number of hydrogen-bond donors (Lipinski definition) is 1. The van der Waals surface area contributed by atoms with Crippen molar-refractivity contribution >= 4 is 17.3 Å². The minimum absolute atomic E-state index is 0.130. The maximum atomic E-state index is 12.9. The lowest BCUT2D eigenvalue weighted by molar-refractivity contribution is -0.137. The summed E-state index contributed by atoms with van der Waals surface area (Å²) in [4.78, 5) is 1.98. The van der Waals surface area contributed by atoms with Gasteiger partial charge in [0.15, 0.2) is 0 Å². The van der Waals surface area contributed by atoms with Crippen LogP contribution in [0.3, 0.4) is 0 Å². The van der Waals surface area contributed by atoms with Crippen LogP contribution in [0.15, 0.2) is 18.2 Å². The third kappa shape index (κ3) is 3.58. The van der Waals surface area contributed by atoms with Gasteiger partial charge in [-0.3, -0.25) is 0 Å². The minimum atomic E-state index is -4.42. The van der Waals surface area contributed by atoms with Crippen molar-refractivity contribution in [3.8, 4) is 0 Å². The lowest BCUT2D eigenvalue weighted by Gasteiger charge is -2.32. The van der Waals surface area contributed by atoms with Gasteiger partial charge in [-0.15, -0.1) is 0 Å². The highest BCUT2D eigenvalue weighted by atomic mass is 35.5. The Kier molecular flexibility index (Phi) is 4.21. The Labute approximate surface area is 121 Å². The fraction of sp³-hybridized carbons (Fsp3) is 0.571. The molecule has 1 saturated heterocycles. The van der Waals surface area contributed by atoms with Gasteiger partial charge >= 0.3 is 6.18 Å². The van der Waals surface area contributed by atoms with Crippen LogP contribution in [-0.4, -0.2) is 25.2 Å². The second-order valence-corrected chi connectivity index (χ2v) is 6.15. The van der Waals surface area contributed by atoms with Crippen molar-refractivity contribution in [2.24, 2.45) is 0 Å². The first-order chi connectivity index (χ1) is 9.19. The number of anilines is 1.